The van der Waals surface area contributed by atoms with Gasteiger partial charge in [-0.3, -0.25) is 0 Å². The molecule has 0 bridgehead atoms. The molecule has 5 heteroatoms. The van der Waals surface area contributed by atoms with Gasteiger partial charge in [-0.05, 0) is 24.5 Å². The van der Waals surface area contributed by atoms with Crippen molar-refractivity contribution in [2.75, 3.05) is 11.9 Å². The molecular weight excluding hydrogens is 260 g/mol. The van der Waals surface area contributed by atoms with Crippen LogP contribution in [0.5, 0.6) is 0 Å². The number of benzene rings is 1. The fraction of sp³-hybridized carbons (Fsp3) is 0.571. The van der Waals surface area contributed by atoms with E-state index in [9.17, 15) is 8.42 Å². The number of rotatable bonds is 8. The van der Waals surface area contributed by atoms with Crippen LogP contribution in [0.25, 0.3) is 0 Å². The molecule has 1 rings (SSSR count). The summed E-state index contributed by atoms with van der Waals surface area (Å²) in [5.41, 5.74) is 0.597. The van der Waals surface area contributed by atoms with Crippen LogP contribution in [-0.2, 0) is 10.0 Å². The molecule has 0 amide bonds. The van der Waals surface area contributed by atoms with Crippen LogP contribution >= 0.6 is 0 Å². The monoisotopic (exact) mass is 284 g/mol. The standard InChI is InChI=1S/C14H24N2O2S/c1-3-5-8-12(4-2)11-16-13-9-6-7-10-14(13)19(15,17)18/h6-7,9-10,12,16H,3-5,8,11H2,1-2H3,(H2,15,17,18). The van der Waals surface area contributed by atoms with Crippen molar-refractivity contribution < 1.29 is 8.42 Å². The van der Waals surface area contributed by atoms with E-state index in [1.54, 1.807) is 12.1 Å². The fourth-order valence-electron chi connectivity index (χ4n) is 2.06. The molecule has 0 saturated carbocycles. The van der Waals surface area contributed by atoms with Crippen molar-refractivity contribution in [2.45, 2.75) is 44.4 Å². The molecule has 0 fully saturated rings. The number of anilines is 1. The Morgan fingerprint density at radius 3 is 2.53 bits per heavy atom. The van der Waals surface area contributed by atoms with Crippen LogP contribution in [-0.4, -0.2) is 15.0 Å². The van der Waals surface area contributed by atoms with Gasteiger partial charge in [0.25, 0.3) is 0 Å². The molecule has 0 heterocycles. The summed E-state index contributed by atoms with van der Waals surface area (Å²) in [7, 11) is -3.67. The van der Waals surface area contributed by atoms with Gasteiger partial charge < -0.3 is 5.32 Å². The quantitative estimate of drug-likeness (QED) is 0.771. The van der Waals surface area contributed by atoms with E-state index in [4.69, 9.17) is 5.14 Å². The number of primary sulfonamides is 1. The van der Waals surface area contributed by atoms with E-state index in [2.05, 4.69) is 19.2 Å². The van der Waals surface area contributed by atoms with Gasteiger partial charge in [0, 0.05) is 6.54 Å². The predicted molar refractivity (Wildman–Crippen MR) is 79.6 cm³/mol. The first-order chi connectivity index (χ1) is 8.99. The molecule has 108 valence electrons. The normalized spacial score (nSPS) is 13.2. The van der Waals surface area contributed by atoms with E-state index in [0.717, 1.165) is 19.4 Å². The van der Waals surface area contributed by atoms with Crippen LogP contribution in [0.15, 0.2) is 29.2 Å². The lowest BCUT2D eigenvalue weighted by Crippen LogP contribution is -2.18. The maximum Gasteiger partial charge on any atom is 0.240 e. The van der Waals surface area contributed by atoms with Gasteiger partial charge in [0.15, 0.2) is 0 Å². The van der Waals surface area contributed by atoms with Gasteiger partial charge in [0.2, 0.25) is 10.0 Å². The summed E-state index contributed by atoms with van der Waals surface area (Å²) in [6.07, 6.45) is 4.64. The van der Waals surface area contributed by atoms with Crippen molar-refractivity contribution in [3.8, 4) is 0 Å². The van der Waals surface area contributed by atoms with Crippen molar-refractivity contribution in [2.24, 2.45) is 11.1 Å². The van der Waals surface area contributed by atoms with Crippen LogP contribution in [0.2, 0.25) is 0 Å². The Morgan fingerprint density at radius 2 is 1.95 bits per heavy atom. The Balaban J connectivity index is 2.72. The lowest BCUT2D eigenvalue weighted by molar-refractivity contribution is 0.472. The molecule has 0 aliphatic heterocycles. The molecule has 4 nitrogen and oxygen atoms in total. The second kappa shape index (κ2) is 7.50. The number of para-hydroxylation sites is 1. The number of nitrogens with one attached hydrogen (secondary N) is 1. The number of hydrogen-bond donors (Lipinski definition) is 2. The van der Waals surface area contributed by atoms with E-state index in [-0.39, 0.29) is 4.90 Å². The van der Waals surface area contributed by atoms with Crippen molar-refractivity contribution in [1.82, 2.24) is 0 Å². The highest BCUT2D eigenvalue weighted by molar-refractivity contribution is 7.89. The lowest BCUT2D eigenvalue weighted by atomic mass is 9.99. The zero-order chi connectivity index (χ0) is 14.3. The first-order valence-corrected chi connectivity index (χ1v) is 8.39. The van der Waals surface area contributed by atoms with Gasteiger partial charge in [-0.15, -0.1) is 0 Å². The maximum atomic E-state index is 11.5. The Labute approximate surface area is 116 Å². The third-order valence-corrected chi connectivity index (χ3v) is 4.29. The minimum atomic E-state index is -3.67. The van der Waals surface area contributed by atoms with E-state index in [1.807, 2.05) is 6.07 Å². The predicted octanol–water partition coefficient (Wildman–Crippen LogP) is 2.96. The molecule has 1 aromatic rings. The maximum absolute atomic E-state index is 11.5. The minimum absolute atomic E-state index is 0.167. The molecule has 19 heavy (non-hydrogen) atoms. The summed E-state index contributed by atoms with van der Waals surface area (Å²) in [5.74, 6) is 0.563. The SMILES string of the molecule is CCCCC(CC)CNc1ccccc1S(N)(=O)=O. The van der Waals surface area contributed by atoms with Gasteiger partial charge in [0.05, 0.1) is 5.69 Å². The molecule has 1 unspecified atom stereocenters. The number of nitrogens with two attached hydrogens (primary N) is 1. The lowest BCUT2D eigenvalue weighted by Gasteiger charge is -2.17. The van der Waals surface area contributed by atoms with Crippen molar-refractivity contribution in [3.63, 3.8) is 0 Å². The molecular formula is C14H24N2O2S. The van der Waals surface area contributed by atoms with Crippen LogP contribution in [0.1, 0.15) is 39.5 Å². The largest absolute Gasteiger partial charge is 0.384 e. The van der Waals surface area contributed by atoms with E-state index >= 15 is 0 Å². The summed E-state index contributed by atoms with van der Waals surface area (Å²) >= 11 is 0. The molecule has 0 aliphatic carbocycles. The first kappa shape index (κ1) is 16.0. The highest BCUT2D eigenvalue weighted by atomic mass is 32.2. The zero-order valence-electron chi connectivity index (χ0n) is 11.7. The Bertz CT molecular complexity index is 486. The van der Waals surface area contributed by atoms with Crippen LogP contribution in [0, 0.1) is 5.92 Å². The van der Waals surface area contributed by atoms with Gasteiger partial charge in [-0.1, -0.05) is 45.2 Å². The van der Waals surface area contributed by atoms with Gasteiger partial charge in [0.1, 0.15) is 4.90 Å². The second-order valence-corrected chi connectivity index (χ2v) is 6.37. The summed E-state index contributed by atoms with van der Waals surface area (Å²) in [4.78, 5) is 0.167. The fourth-order valence-corrected chi connectivity index (χ4v) is 2.77. The second-order valence-electron chi connectivity index (χ2n) is 4.84. The van der Waals surface area contributed by atoms with Gasteiger partial charge in [-0.25, -0.2) is 13.6 Å². The van der Waals surface area contributed by atoms with Crippen LogP contribution < -0.4 is 10.5 Å². The van der Waals surface area contributed by atoms with E-state index in [1.165, 1.54) is 18.9 Å². The molecule has 1 aromatic carbocycles. The molecule has 0 saturated heterocycles. The number of sulfonamides is 1. The summed E-state index contributed by atoms with van der Waals surface area (Å²) in [5, 5.41) is 8.43. The minimum Gasteiger partial charge on any atom is -0.384 e. The summed E-state index contributed by atoms with van der Waals surface area (Å²) in [6, 6.07) is 6.78. The highest BCUT2D eigenvalue weighted by Crippen LogP contribution is 2.21. The molecule has 0 radical (unpaired) electrons. The highest BCUT2D eigenvalue weighted by Gasteiger charge is 2.14. The Morgan fingerprint density at radius 1 is 1.26 bits per heavy atom. The van der Waals surface area contributed by atoms with E-state index in [0.29, 0.717) is 11.6 Å². The Kier molecular flexibility index (Phi) is 6.31. The zero-order valence-corrected chi connectivity index (χ0v) is 12.5. The number of unbranched alkanes of at least 4 members (excludes halogenated alkanes) is 1. The third-order valence-electron chi connectivity index (χ3n) is 3.32. The summed E-state index contributed by atoms with van der Waals surface area (Å²) < 4.78 is 23.0. The average molecular weight is 284 g/mol. The van der Waals surface area contributed by atoms with Crippen molar-refractivity contribution >= 4 is 15.7 Å². The van der Waals surface area contributed by atoms with E-state index < -0.39 is 10.0 Å². The molecule has 1 atom stereocenters. The third kappa shape index (κ3) is 5.20. The average Bonchev–Trinajstić information content (AvgIpc) is 2.38. The van der Waals surface area contributed by atoms with Crippen LogP contribution in [0.3, 0.4) is 0 Å². The van der Waals surface area contributed by atoms with Gasteiger partial charge in [-0.2, -0.15) is 0 Å². The molecule has 0 aromatic heterocycles. The summed E-state index contributed by atoms with van der Waals surface area (Å²) in [6.45, 7) is 5.12. The van der Waals surface area contributed by atoms with Gasteiger partial charge >= 0.3 is 0 Å². The molecule has 0 spiro atoms. The topological polar surface area (TPSA) is 72.2 Å². The first-order valence-electron chi connectivity index (χ1n) is 6.84. The van der Waals surface area contributed by atoms with Crippen LogP contribution in [0.4, 0.5) is 5.69 Å². The Hall–Kier alpha value is -1.07. The van der Waals surface area contributed by atoms with Crippen molar-refractivity contribution in [3.05, 3.63) is 24.3 Å². The molecule has 3 N–H and O–H groups in total. The number of hydrogen-bond acceptors (Lipinski definition) is 3. The molecule has 0 aliphatic rings. The smallest absolute Gasteiger partial charge is 0.240 e. The van der Waals surface area contributed by atoms with Crippen molar-refractivity contribution in [1.29, 1.82) is 0 Å².